The highest BCUT2D eigenvalue weighted by molar-refractivity contribution is 5.80. The second-order valence-corrected chi connectivity index (χ2v) is 5.99. The van der Waals surface area contributed by atoms with Crippen molar-refractivity contribution in [2.45, 2.75) is 44.1 Å². The highest BCUT2D eigenvalue weighted by Gasteiger charge is 2.39. The number of benzene rings is 1. The first-order valence-electron chi connectivity index (χ1n) is 7.22. The van der Waals surface area contributed by atoms with Gasteiger partial charge in [-0.25, -0.2) is 0 Å². The van der Waals surface area contributed by atoms with E-state index in [0.29, 0.717) is 0 Å². The maximum Gasteiger partial charge on any atom is 0.223 e. The average Bonchev–Trinajstić information content (AvgIpc) is 2.42. The molecule has 2 N–H and O–H groups in total. The summed E-state index contributed by atoms with van der Waals surface area (Å²) in [5.41, 5.74) is 2.38. The quantitative estimate of drug-likeness (QED) is 0.870. The lowest BCUT2D eigenvalue weighted by atomic mass is 9.76. The molecule has 19 heavy (non-hydrogen) atoms. The summed E-state index contributed by atoms with van der Waals surface area (Å²) in [5, 5.41) is 12.5. The number of carbonyl (C=O) groups excluding carboxylic acids is 1. The lowest BCUT2D eigenvalue weighted by molar-refractivity contribution is -0.129. The average molecular weight is 259 g/mol. The number of aliphatic hydroxyl groups is 1. The number of aryl methyl sites for hydroxylation is 1. The molecule has 3 nitrogen and oxygen atoms in total. The van der Waals surface area contributed by atoms with Crippen LogP contribution in [0.2, 0.25) is 0 Å². The molecule has 3 heteroatoms. The Balaban J connectivity index is 1.66. The Kier molecular flexibility index (Phi) is 3.31. The van der Waals surface area contributed by atoms with Crippen LogP contribution in [0.1, 0.15) is 36.8 Å². The summed E-state index contributed by atoms with van der Waals surface area (Å²) < 4.78 is 0. The van der Waals surface area contributed by atoms with Gasteiger partial charge in [-0.2, -0.15) is 0 Å². The molecule has 0 heterocycles. The van der Waals surface area contributed by atoms with E-state index in [9.17, 15) is 9.90 Å². The second kappa shape index (κ2) is 4.97. The monoisotopic (exact) mass is 259 g/mol. The van der Waals surface area contributed by atoms with Crippen LogP contribution in [0.25, 0.3) is 0 Å². The van der Waals surface area contributed by atoms with Crippen molar-refractivity contribution in [3.8, 4) is 0 Å². The van der Waals surface area contributed by atoms with Crippen LogP contribution in [0.4, 0.5) is 0 Å². The molecule has 3 rings (SSSR count). The molecular formula is C16H21NO2. The maximum absolute atomic E-state index is 12.4. The third kappa shape index (κ3) is 2.39. The van der Waals surface area contributed by atoms with Gasteiger partial charge in [0.05, 0.1) is 12.1 Å². The number of aliphatic hydroxyl groups excluding tert-OH is 1. The van der Waals surface area contributed by atoms with E-state index in [1.807, 2.05) is 6.07 Å². The molecule has 102 valence electrons. The molecule has 0 saturated heterocycles. The number of fused-ring (bicyclic) bond motifs is 1. The van der Waals surface area contributed by atoms with Crippen molar-refractivity contribution in [1.82, 2.24) is 5.32 Å². The van der Waals surface area contributed by atoms with Crippen LogP contribution in [0.5, 0.6) is 0 Å². The van der Waals surface area contributed by atoms with E-state index in [-0.39, 0.29) is 24.0 Å². The van der Waals surface area contributed by atoms with Crippen molar-refractivity contribution in [2.24, 2.45) is 5.92 Å². The number of hydrogen-bond donors (Lipinski definition) is 2. The Morgan fingerprint density at radius 2 is 2.05 bits per heavy atom. The summed E-state index contributed by atoms with van der Waals surface area (Å²) in [5.74, 6) is 0.196. The minimum atomic E-state index is -0.311. The predicted octanol–water partition coefficient (Wildman–Crippen LogP) is 1.82. The zero-order valence-corrected chi connectivity index (χ0v) is 11.2. The smallest absolute Gasteiger partial charge is 0.223 e. The normalized spacial score (nSPS) is 24.2. The van der Waals surface area contributed by atoms with Gasteiger partial charge >= 0.3 is 0 Å². The summed E-state index contributed by atoms with van der Waals surface area (Å²) in [6, 6.07) is 8.39. The maximum atomic E-state index is 12.4. The second-order valence-electron chi connectivity index (χ2n) is 5.99. The first kappa shape index (κ1) is 12.7. The van der Waals surface area contributed by atoms with Gasteiger partial charge in [0, 0.05) is 5.92 Å². The summed E-state index contributed by atoms with van der Waals surface area (Å²) in [7, 11) is 0. The highest BCUT2D eigenvalue weighted by Crippen LogP contribution is 2.32. The standard InChI is InChI=1S/C16H21NO2/c18-11-16(8-3-9-16)17-15(19)14-7-6-12-4-1-2-5-13(12)10-14/h1-2,4-5,14,18H,3,6-11H2,(H,17,19). The van der Waals surface area contributed by atoms with E-state index in [1.54, 1.807) is 0 Å². The molecule has 0 bridgehead atoms. The molecule has 2 aliphatic carbocycles. The molecule has 1 aromatic rings. The van der Waals surface area contributed by atoms with E-state index in [0.717, 1.165) is 38.5 Å². The van der Waals surface area contributed by atoms with Gasteiger partial charge in [-0.05, 0) is 49.7 Å². The number of hydrogen-bond acceptors (Lipinski definition) is 2. The fraction of sp³-hybridized carbons (Fsp3) is 0.562. The van der Waals surface area contributed by atoms with E-state index >= 15 is 0 Å². The zero-order valence-electron chi connectivity index (χ0n) is 11.2. The highest BCUT2D eigenvalue weighted by atomic mass is 16.3. The Morgan fingerprint density at radius 1 is 1.32 bits per heavy atom. The topological polar surface area (TPSA) is 49.3 Å². The minimum Gasteiger partial charge on any atom is -0.394 e. The molecule has 1 aromatic carbocycles. The van der Waals surface area contributed by atoms with Crippen molar-refractivity contribution in [2.75, 3.05) is 6.61 Å². The van der Waals surface area contributed by atoms with Crippen molar-refractivity contribution >= 4 is 5.91 Å². The Morgan fingerprint density at radius 3 is 2.68 bits per heavy atom. The summed E-state index contributed by atoms with van der Waals surface area (Å²) in [4.78, 5) is 12.4. The number of amides is 1. The Labute approximate surface area is 114 Å². The molecule has 0 radical (unpaired) electrons. The minimum absolute atomic E-state index is 0.0684. The van der Waals surface area contributed by atoms with E-state index in [1.165, 1.54) is 11.1 Å². The molecular weight excluding hydrogens is 238 g/mol. The Bertz CT molecular complexity index is 474. The van der Waals surface area contributed by atoms with Crippen LogP contribution >= 0.6 is 0 Å². The third-order valence-corrected chi connectivity index (χ3v) is 4.72. The van der Waals surface area contributed by atoms with Crippen molar-refractivity contribution in [1.29, 1.82) is 0 Å². The van der Waals surface area contributed by atoms with E-state index < -0.39 is 0 Å². The lowest BCUT2D eigenvalue weighted by Gasteiger charge is -2.42. The summed E-state index contributed by atoms with van der Waals surface area (Å²) in [6.45, 7) is 0.0715. The molecule has 1 atom stereocenters. The summed E-state index contributed by atoms with van der Waals surface area (Å²) in [6.07, 6.45) is 5.68. The van der Waals surface area contributed by atoms with Crippen LogP contribution in [-0.4, -0.2) is 23.2 Å². The number of nitrogens with one attached hydrogen (secondary N) is 1. The van der Waals surface area contributed by atoms with E-state index in [2.05, 4.69) is 23.5 Å². The van der Waals surface area contributed by atoms with Crippen LogP contribution < -0.4 is 5.32 Å². The van der Waals surface area contributed by atoms with Gasteiger partial charge in [0.25, 0.3) is 0 Å². The van der Waals surface area contributed by atoms with Gasteiger partial charge in [0.1, 0.15) is 0 Å². The fourth-order valence-corrected chi connectivity index (χ4v) is 3.21. The predicted molar refractivity (Wildman–Crippen MR) is 73.8 cm³/mol. The largest absolute Gasteiger partial charge is 0.394 e. The molecule has 1 amide bonds. The van der Waals surface area contributed by atoms with Crippen LogP contribution in [-0.2, 0) is 17.6 Å². The molecule has 1 unspecified atom stereocenters. The van der Waals surface area contributed by atoms with Crippen LogP contribution in [0.15, 0.2) is 24.3 Å². The van der Waals surface area contributed by atoms with Crippen molar-refractivity contribution in [3.63, 3.8) is 0 Å². The first-order chi connectivity index (χ1) is 9.22. The molecule has 1 saturated carbocycles. The molecule has 0 aromatic heterocycles. The molecule has 0 spiro atoms. The van der Waals surface area contributed by atoms with Gasteiger partial charge < -0.3 is 10.4 Å². The lowest BCUT2D eigenvalue weighted by Crippen LogP contribution is -2.57. The fourth-order valence-electron chi connectivity index (χ4n) is 3.21. The molecule has 0 aliphatic heterocycles. The van der Waals surface area contributed by atoms with Crippen molar-refractivity contribution in [3.05, 3.63) is 35.4 Å². The van der Waals surface area contributed by atoms with Gasteiger partial charge in [-0.1, -0.05) is 24.3 Å². The SMILES string of the molecule is O=C(NC1(CO)CCC1)C1CCc2ccccc2C1. The van der Waals surface area contributed by atoms with Crippen molar-refractivity contribution < 1.29 is 9.90 Å². The number of rotatable bonds is 3. The zero-order chi connectivity index (χ0) is 13.3. The van der Waals surface area contributed by atoms with Gasteiger partial charge in [0.2, 0.25) is 5.91 Å². The third-order valence-electron chi connectivity index (χ3n) is 4.72. The van der Waals surface area contributed by atoms with Gasteiger partial charge in [-0.3, -0.25) is 4.79 Å². The molecule has 2 aliphatic rings. The van der Waals surface area contributed by atoms with Crippen LogP contribution in [0.3, 0.4) is 0 Å². The van der Waals surface area contributed by atoms with Gasteiger partial charge in [-0.15, -0.1) is 0 Å². The Hall–Kier alpha value is -1.35. The van der Waals surface area contributed by atoms with Gasteiger partial charge in [0.15, 0.2) is 0 Å². The number of carbonyl (C=O) groups is 1. The summed E-state index contributed by atoms with van der Waals surface area (Å²) >= 11 is 0. The van der Waals surface area contributed by atoms with Crippen LogP contribution in [0, 0.1) is 5.92 Å². The first-order valence-corrected chi connectivity index (χ1v) is 7.22. The van der Waals surface area contributed by atoms with E-state index in [4.69, 9.17) is 0 Å². The molecule has 1 fully saturated rings.